The van der Waals surface area contributed by atoms with Crippen molar-refractivity contribution in [1.82, 2.24) is 4.90 Å². The maximum atomic E-state index is 8.49. The first-order valence-corrected chi connectivity index (χ1v) is 21.7. The molecule has 0 N–H and O–H groups in total. The molecule has 6 aromatic rings. The van der Waals surface area contributed by atoms with Gasteiger partial charge in [-0.05, 0) is 21.0 Å². The number of benzene rings is 6. The molecule has 50 heavy (non-hydrogen) atoms. The van der Waals surface area contributed by atoms with E-state index in [4.69, 9.17) is 18.6 Å². The first kappa shape index (κ1) is 41.7. The Morgan fingerprint density at radius 3 is 1.46 bits per heavy atom. The first-order valence-electron chi connectivity index (χ1n) is 16.0. The van der Waals surface area contributed by atoms with Crippen LogP contribution in [0.4, 0.5) is 0 Å². The Morgan fingerprint density at radius 1 is 0.620 bits per heavy atom. The summed E-state index contributed by atoms with van der Waals surface area (Å²) in [7, 11) is -1.12. The summed E-state index contributed by atoms with van der Waals surface area (Å²) >= 11 is -1.42. The van der Waals surface area contributed by atoms with Gasteiger partial charge in [-0.3, -0.25) is 0 Å². The topological polar surface area (TPSA) is 95.5 Å². The smallest absolute Gasteiger partial charge is 0.305 e. The van der Waals surface area contributed by atoms with E-state index in [0.29, 0.717) is 10.7 Å². The fourth-order valence-electron chi connectivity index (χ4n) is 5.55. The molecule has 0 unspecified atom stereocenters. The number of hydrogen-bond donors (Lipinski definition) is 0. The summed E-state index contributed by atoms with van der Waals surface area (Å²) in [5.41, 5.74) is 1.28. The van der Waals surface area contributed by atoms with Crippen LogP contribution >= 0.6 is 7.92 Å². The Bertz CT molecular complexity index is 1730. The van der Waals surface area contributed by atoms with Crippen molar-refractivity contribution in [1.29, 1.82) is 0 Å². The number of hydrogen-bond acceptors (Lipinski definition) is 5. The van der Waals surface area contributed by atoms with Crippen molar-refractivity contribution in [3.05, 3.63) is 169 Å². The first-order chi connectivity index (χ1) is 23.5. The van der Waals surface area contributed by atoms with Crippen molar-refractivity contribution < 1.29 is 49.3 Å². The van der Waals surface area contributed by atoms with Crippen molar-refractivity contribution in [2.24, 2.45) is 0 Å². The quantitative estimate of drug-likeness (QED) is 0.127. The molecule has 0 radical (unpaired) electrons. The van der Waals surface area contributed by atoms with E-state index < -0.39 is 24.9 Å². The molecule has 2 atom stereocenters. The van der Waals surface area contributed by atoms with Gasteiger partial charge in [-0.2, -0.15) is 18.2 Å². The van der Waals surface area contributed by atoms with Crippen LogP contribution < -0.4 is 37.9 Å². The zero-order valence-corrected chi connectivity index (χ0v) is 33.6. The Kier molecular flexibility index (Phi) is 17.5. The SMILES string of the molecule is C[C@@H](CP(c1ccccc1)c1ccccc1)[As](c1ccccc1)c1ccccc1.C[C@@H](c1[c-]ccc2ccccc12)N(C)C.[O-][Cl+3]([O-])([O-])[O-].[Pd+2]. The molecule has 0 aliphatic carbocycles. The van der Waals surface area contributed by atoms with Crippen LogP contribution in [0.2, 0.25) is 4.71 Å². The third-order valence-corrected chi connectivity index (χ3v) is 17.2. The molecule has 262 valence electrons. The third-order valence-electron chi connectivity index (χ3n) is 8.04. The summed E-state index contributed by atoms with van der Waals surface area (Å²) in [5, 5.41) is 5.56. The van der Waals surface area contributed by atoms with E-state index in [1.165, 1.54) is 33.1 Å². The minimum Gasteiger partial charge on any atom is -0.305 e. The predicted molar refractivity (Wildman–Crippen MR) is 196 cm³/mol. The van der Waals surface area contributed by atoms with Gasteiger partial charge < -0.3 is 4.90 Å². The van der Waals surface area contributed by atoms with Gasteiger partial charge in [0.1, 0.15) is 0 Å². The van der Waals surface area contributed by atoms with E-state index in [-0.39, 0.29) is 28.3 Å². The average Bonchev–Trinajstić information content (AvgIpc) is 3.11. The predicted octanol–water partition coefficient (Wildman–Crippen LogP) is 3.32. The molecule has 0 heterocycles. The molecule has 6 rings (SSSR count). The molecule has 5 nitrogen and oxygen atoms in total. The van der Waals surface area contributed by atoms with Crippen molar-refractivity contribution in [2.45, 2.75) is 24.6 Å². The largest absolute Gasteiger partial charge is 2.00 e. The monoisotopic (exact) mass is 859 g/mol. The Balaban J connectivity index is 0.000000269. The fourth-order valence-corrected chi connectivity index (χ4v) is 14.9. The van der Waals surface area contributed by atoms with Crippen LogP contribution in [0.5, 0.6) is 0 Å². The van der Waals surface area contributed by atoms with E-state index in [2.05, 4.69) is 191 Å². The maximum Gasteiger partial charge on any atom is 2.00 e. The Morgan fingerprint density at radius 2 is 1.02 bits per heavy atom. The molecule has 0 saturated heterocycles. The normalized spacial score (nSPS) is 12.3. The van der Waals surface area contributed by atoms with Gasteiger partial charge in [-0.25, -0.2) is 18.6 Å². The van der Waals surface area contributed by atoms with Crippen molar-refractivity contribution in [3.8, 4) is 0 Å². The number of fused-ring (bicyclic) bond motifs is 1. The van der Waals surface area contributed by atoms with E-state index in [9.17, 15) is 0 Å². The molecule has 0 bridgehead atoms. The van der Waals surface area contributed by atoms with Gasteiger partial charge in [0.25, 0.3) is 0 Å². The number of nitrogens with zero attached hydrogens (tertiary/aromatic N) is 1. The molecular weight excluding hydrogens is 818 g/mol. The summed E-state index contributed by atoms with van der Waals surface area (Å²) in [6.07, 6.45) is 1.23. The molecule has 0 spiro atoms. The minimum absolute atomic E-state index is 0. The maximum absolute atomic E-state index is 8.49. The van der Waals surface area contributed by atoms with Crippen LogP contribution in [0.25, 0.3) is 10.8 Å². The molecule has 0 aromatic heterocycles. The molecular formula is C41H42AsClNO4PPd. The second-order valence-electron chi connectivity index (χ2n) is 11.7. The zero-order valence-electron chi connectivity index (χ0n) is 28.5. The van der Waals surface area contributed by atoms with E-state index >= 15 is 0 Å². The molecule has 9 heteroatoms. The molecule has 0 fully saturated rings. The van der Waals surface area contributed by atoms with Crippen LogP contribution in [0.1, 0.15) is 25.5 Å². The van der Waals surface area contributed by atoms with Crippen LogP contribution in [-0.4, -0.2) is 39.8 Å². The number of halogens is 1. The van der Waals surface area contributed by atoms with Gasteiger partial charge in [-0.15, -0.1) is 32.6 Å². The summed E-state index contributed by atoms with van der Waals surface area (Å²) < 4.78 is 37.7. The van der Waals surface area contributed by atoms with Crippen LogP contribution in [0.15, 0.2) is 158 Å². The van der Waals surface area contributed by atoms with Crippen LogP contribution in [0.3, 0.4) is 0 Å². The summed E-state index contributed by atoms with van der Waals surface area (Å²) in [5.74, 6) is 0. The molecule has 0 saturated carbocycles. The van der Waals surface area contributed by atoms with Gasteiger partial charge in [0.05, 0.1) is 0 Å². The minimum atomic E-state index is -4.94. The molecule has 0 amide bonds. The number of rotatable bonds is 9. The second kappa shape index (κ2) is 21.0. The molecule has 6 aromatic carbocycles. The van der Waals surface area contributed by atoms with E-state index in [1.807, 2.05) is 6.07 Å². The average molecular weight is 861 g/mol. The fraction of sp³-hybridized carbons (Fsp3) is 0.171. The summed E-state index contributed by atoms with van der Waals surface area (Å²) in [6, 6.07) is 61.0. The van der Waals surface area contributed by atoms with Crippen molar-refractivity contribution >= 4 is 52.7 Å². The van der Waals surface area contributed by atoms with Gasteiger partial charge >= 0.3 is 201 Å². The van der Waals surface area contributed by atoms with Gasteiger partial charge in [-0.1, -0.05) is 18.2 Å². The van der Waals surface area contributed by atoms with Crippen molar-refractivity contribution in [2.75, 3.05) is 20.3 Å². The van der Waals surface area contributed by atoms with E-state index in [1.54, 1.807) is 8.70 Å². The van der Waals surface area contributed by atoms with E-state index in [0.717, 1.165) is 0 Å². The second-order valence-corrected chi connectivity index (χ2v) is 20.2. The Hall–Kier alpha value is -2.68. The zero-order chi connectivity index (χ0) is 35.2. The van der Waals surface area contributed by atoms with Gasteiger partial charge in [0, 0.05) is 6.04 Å². The van der Waals surface area contributed by atoms with Crippen molar-refractivity contribution in [3.63, 3.8) is 0 Å². The third kappa shape index (κ3) is 13.1. The van der Waals surface area contributed by atoms with Crippen LogP contribution in [0, 0.1) is 16.3 Å². The van der Waals surface area contributed by atoms with Crippen LogP contribution in [-0.2, 0) is 20.4 Å². The molecule has 0 aliphatic rings. The van der Waals surface area contributed by atoms with Gasteiger partial charge in [0.2, 0.25) is 0 Å². The summed E-state index contributed by atoms with van der Waals surface area (Å²) in [6.45, 7) is 4.69. The molecule has 0 aliphatic heterocycles. The standard InChI is InChI=1S/C27H26AsP.C14H16N.ClHO4.Pd/c1-23(28(24-14-6-2-7-15-24)25-16-8-3-9-17-25)22-29(26-18-10-4-11-19-26)27-20-12-5-13-21-27;1-11(15(2)3)13-10-6-8-12-7-4-5-9-14(12)13;2-1(3,4)5;/h2-21,23H,22H2,1H3;4-9,11H,1-3H3;(H,2,3,4,5);/q;-1;;+2/p-1/t23-;11-;;/m00../s1. The summed E-state index contributed by atoms with van der Waals surface area (Å²) in [4.78, 5) is 2.21. The van der Waals surface area contributed by atoms with Gasteiger partial charge in [0.15, 0.2) is 0 Å². The Labute approximate surface area is 319 Å².